The number of pyridine rings is 2. The molecule has 0 aliphatic carbocycles. The maximum atomic E-state index is 10.9. The van der Waals surface area contributed by atoms with Gasteiger partial charge in [0.25, 0.3) is 0 Å². The van der Waals surface area contributed by atoms with Crippen molar-refractivity contribution in [3.63, 3.8) is 0 Å². The molecule has 0 amide bonds. The fourth-order valence-corrected chi connectivity index (χ4v) is 1.48. The molecule has 0 bridgehead atoms. The van der Waals surface area contributed by atoms with Gasteiger partial charge in [-0.15, -0.1) is 0 Å². The van der Waals surface area contributed by atoms with Crippen molar-refractivity contribution in [2.24, 2.45) is 0 Å². The largest absolute Gasteiger partial charge is 0.478 e. The summed E-state index contributed by atoms with van der Waals surface area (Å²) >= 11 is 0. The molecule has 2 heterocycles. The van der Waals surface area contributed by atoms with Crippen LogP contribution in [0, 0.1) is 0 Å². The molecule has 0 aliphatic rings. The van der Waals surface area contributed by atoms with Crippen LogP contribution < -0.4 is 0 Å². The van der Waals surface area contributed by atoms with E-state index in [0.29, 0.717) is 17.0 Å². The van der Waals surface area contributed by atoms with Gasteiger partial charge in [-0.1, -0.05) is 0 Å². The minimum Gasteiger partial charge on any atom is -0.478 e. The summed E-state index contributed by atoms with van der Waals surface area (Å²) in [4.78, 5) is 23.1. The number of aromatic carboxylic acids is 1. The van der Waals surface area contributed by atoms with Crippen LogP contribution in [-0.4, -0.2) is 26.3 Å². The average Bonchev–Trinajstić information content (AvgIpc) is 2.39. The van der Waals surface area contributed by atoms with Crippen LogP contribution in [0.3, 0.4) is 0 Å². The second-order valence-electron chi connectivity index (χ2n) is 3.56. The fourth-order valence-electron chi connectivity index (χ4n) is 1.48. The Hall–Kier alpha value is -2.31. The molecule has 0 aromatic carbocycles. The molecular weight excluding hydrogens is 236 g/mol. The zero-order valence-corrected chi connectivity index (χ0v) is 9.28. The lowest BCUT2D eigenvalue weighted by molar-refractivity contribution is -0.253. The van der Waals surface area contributed by atoms with Crippen molar-refractivity contribution in [3.8, 4) is 11.4 Å². The molecule has 0 saturated carbocycles. The number of nitrogens with zero attached hydrogens (tertiary/aromatic N) is 2. The Balaban J connectivity index is 2.38. The zero-order valence-electron chi connectivity index (χ0n) is 9.28. The Morgan fingerprint density at radius 1 is 1.17 bits per heavy atom. The van der Waals surface area contributed by atoms with Crippen LogP contribution >= 0.6 is 0 Å². The van der Waals surface area contributed by atoms with Gasteiger partial charge in [0.05, 0.1) is 17.0 Å². The first-order valence-corrected chi connectivity index (χ1v) is 5.11. The van der Waals surface area contributed by atoms with Crippen LogP contribution in [0.4, 0.5) is 0 Å². The summed E-state index contributed by atoms with van der Waals surface area (Å²) in [5.41, 5.74) is 1.83. The van der Waals surface area contributed by atoms with Gasteiger partial charge in [-0.2, -0.15) is 0 Å². The highest BCUT2D eigenvalue weighted by atomic mass is 17.1. The normalized spacial score (nSPS) is 10.3. The summed E-state index contributed by atoms with van der Waals surface area (Å²) in [5, 5.41) is 17.3. The van der Waals surface area contributed by atoms with Gasteiger partial charge in [0.1, 0.15) is 6.61 Å². The van der Waals surface area contributed by atoms with Crippen LogP contribution in [-0.2, 0) is 11.5 Å². The third kappa shape index (κ3) is 2.68. The fraction of sp³-hybridized carbons (Fsp3) is 0.0833. The first-order chi connectivity index (χ1) is 8.70. The van der Waals surface area contributed by atoms with E-state index in [0.717, 1.165) is 0 Å². The lowest BCUT2D eigenvalue weighted by Crippen LogP contribution is -1.98. The Bertz CT molecular complexity index is 572. The number of hydrogen-bond donors (Lipinski definition) is 2. The highest BCUT2D eigenvalue weighted by molar-refractivity contribution is 5.88. The molecule has 2 N–H and O–H groups in total. The van der Waals surface area contributed by atoms with Crippen LogP contribution in [0.25, 0.3) is 11.4 Å². The molecule has 0 saturated heterocycles. The van der Waals surface area contributed by atoms with E-state index in [-0.39, 0.29) is 12.2 Å². The van der Waals surface area contributed by atoms with E-state index >= 15 is 0 Å². The summed E-state index contributed by atoms with van der Waals surface area (Å²) in [6, 6.07) is 6.20. The van der Waals surface area contributed by atoms with Crippen molar-refractivity contribution >= 4 is 5.97 Å². The molecule has 0 atom stereocenters. The predicted molar refractivity (Wildman–Crippen MR) is 61.8 cm³/mol. The van der Waals surface area contributed by atoms with Gasteiger partial charge in [-0.3, -0.25) is 15.2 Å². The minimum absolute atomic E-state index is 0.0359. The highest BCUT2D eigenvalue weighted by Gasteiger charge is 2.07. The SMILES string of the molecule is O=C(O)c1ccnc(-c2cc(COO)ccn2)c1. The Morgan fingerprint density at radius 2 is 1.83 bits per heavy atom. The van der Waals surface area contributed by atoms with E-state index in [1.165, 1.54) is 18.3 Å². The number of aromatic nitrogens is 2. The van der Waals surface area contributed by atoms with Gasteiger partial charge in [-0.05, 0) is 29.8 Å². The molecule has 0 spiro atoms. The molecular formula is C12H10N2O4. The lowest BCUT2D eigenvalue weighted by Gasteiger charge is -2.03. The van der Waals surface area contributed by atoms with Crippen molar-refractivity contribution in [1.29, 1.82) is 0 Å². The lowest BCUT2D eigenvalue weighted by atomic mass is 10.1. The van der Waals surface area contributed by atoms with E-state index in [1.807, 2.05) is 0 Å². The highest BCUT2D eigenvalue weighted by Crippen LogP contribution is 2.17. The van der Waals surface area contributed by atoms with E-state index in [2.05, 4.69) is 14.9 Å². The molecule has 0 aliphatic heterocycles. The van der Waals surface area contributed by atoms with E-state index < -0.39 is 5.97 Å². The molecule has 6 nitrogen and oxygen atoms in total. The zero-order chi connectivity index (χ0) is 13.0. The van der Waals surface area contributed by atoms with Gasteiger partial charge in [0.2, 0.25) is 0 Å². The summed E-state index contributed by atoms with van der Waals surface area (Å²) in [6.07, 6.45) is 2.95. The number of rotatable bonds is 4. The maximum absolute atomic E-state index is 10.9. The van der Waals surface area contributed by atoms with Crippen molar-refractivity contribution in [1.82, 2.24) is 9.97 Å². The smallest absolute Gasteiger partial charge is 0.335 e. The molecule has 18 heavy (non-hydrogen) atoms. The summed E-state index contributed by atoms with van der Waals surface area (Å²) in [5.74, 6) is -1.02. The first kappa shape index (κ1) is 12.2. The van der Waals surface area contributed by atoms with E-state index in [9.17, 15) is 4.79 Å². The predicted octanol–water partition coefficient (Wildman–Crippen LogP) is 1.83. The third-order valence-corrected chi connectivity index (χ3v) is 2.32. The summed E-state index contributed by atoms with van der Waals surface area (Å²) in [6.45, 7) is 0.0359. The monoisotopic (exact) mass is 246 g/mol. The van der Waals surface area contributed by atoms with Gasteiger partial charge in [0, 0.05) is 12.4 Å². The number of carbonyl (C=O) groups is 1. The minimum atomic E-state index is -1.02. The molecule has 92 valence electrons. The van der Waals surface area contributed by atoms with E-state index in [1.54, 1.807) is 18.3 Å². The third-order valence-electron chi connectivity index (χ3n) is 2.32. The standard InChI is InChI=1S/C12H10N2O4/c15-12(16)9-2-4-14-11(6-9)10-5-8(7-18-17)1-3-13-10/h1-6,17H,7H2,(H,15,16). The van der Waals surface area contributed by atoms with Gasteiger partial charge in [-0.25, -0.2) is 9.68 Å². The Kier molecular flexibility index (Phi) is 3.61. The van der Waals surface area contributed by atoms with Crippen molar-refractivity contribution < 1.29 is 20.0 Å². The van der Waals surface area contributed by atoms with Gasteiger partial charge >= 0.3 is 5.97 Å². The molecule has 0 unspecified atom stereocenters. The van der Waals surface area contributed by atoms with Crippen molar-refractivity contribution in [3.05, 3.63) is 47.8 Å². The van der Waals surface area contributed by atoms with E-state index in [4.69, 9.17) is 10.4 Å². The first-order valence-electron chi connectivity index (χ1n) is 5.11. The average molecular weight is 246 g/mol. The molecule has 6 heteroatoms. The summed E-state index contributed by atoms with van der Waals surface area (Å²) < 4.78 is 0. The van der Waals surface area contributed by atoms with Crippen LogP contribution in [0.1, 0.15) is 15.9 Å². The van der Waals surface area contributed by atoms with Crippen molar-refractivity contribution in [2.45, 2.75) is 6.61 Å². The number of carboxylic acids is 1. The maximum Gasteiger partial charge on any atom is 0.335 e. The Labute approximate surface area is 102 Å². The van der Waals surface area contributed by atoms with Crippen LogP contribution in [0.5, 0.6) is 0 Å². The van der Waals surface area contributed by atoms with Crippen molar-refractivity contribution in [2.75, 3.05) is 0 Å². The molecule has 0 fully saturated rings. The molecule has 2 aromatic heterocycles. The van der Waals surface area contributed by atoms with Gasteiger partial charge in [0.15, 0.2) is 0 Å². The van der Waals surface area contributed by atoms with Crippen LogP contribution in [0.15, 0.2) is 36.7 Å². The summed E-state index contributed by atoms with van der Waals surface area (Å²) in [7, 11) is 0. The molecule has 2 aromatic rings. The number of hydrogen-bond acceptors (Lipinski definition) is 5. The molecule has 2 rings (SSSR count). The Morgan fingerprint density at radius 3 is 2.50 bits per heavy atom. The van der Waals surface area contributed by atoms with Gasteiger partial charge < -0.3 is 5.11 Å². The second kappa shape index (κ2) is 5.35. The molecule has 0 radical (unpaired) electrons. The topological polar surface area (TPSA) is 92.5 Å². The second-order valence-corrected chi connectivity index (χ2v) is 3.56. The number of carboxylic acid groups (broad SMARTS) is 1. The quantitative estimate of drug-likeness (QED) is 0.631. The van der Waals surface area contributed by atoms with Crippen LogP contribution in [0.2, 0.25) is 0 Å².